The standard InChI is InChI=1S/C7H5I3N2O/c8-3-1-4(9)6(5(10)2-3)7(13)12-11/h1-2H,11H2,(H,12,13). The summed E-state index contributed by atoms with van der Waals surface area (Å²) in [5.74, 6) is 4.83. The molecule has 3 nitrogen and oxygen atoms in total. The highest BCUT2D eigenvalue weighted by Crippen LogP contribution is 2.22. The second kappa shape index (κ2) is 5.07. The monoisotopic (exact) mass is 514 g/mol. The van der Waals surface area contributed by atoms with Crippen molar-refractivity contribution in [2.24, 2.45) is 5.84 Å². The summed E-state index contributed by atoms with van der Waals surface area (Å²) in [6.07, 6.45) is 0. The van der Waals surface area contributed by atoms with Gasteiger partial charge in [-0.1, -0.05) is 0 Å². The minimum absolute atomic E-state index is 0.245. The fourth-order valence-electron chi connectivity index (χ4n) is 0.831. The van der Waals surface area contributed by atoms with E-state index < -0.39 is 0 Å². The number of nitrogen functional groups attached to an aromatic ring is 1. The molecule has 0 aromatic heterocycles. The van der Waals surface area contributed by atoms with E-state index in [1.807, 2.05) is 12.1 Å². The zero-order valence-corrected chi connectivity index (χ0v) is 12.7. The first kappa shape index (κ1) is 11.9. The number of halogens is 3. The molecule has 0 radical (unpaired) electrons. The molecule has 70 valence electrons. The topological polar surface area (TPSA) is 55.1 Å². The number of hydrogen-bond donors (Lipinski definition) is 2. The molecule has 0 saturated carbocycles. The molecule has 0 heterocycles. The number of carbonyl (C=O) groups excluding carboxylic acids is 1. The van der Waals surface area contributed by atoms with Crippen molar-refractivity contribution >= 4 is 73.7 Å². The van der Waals surface area contributed by atoms with E-state index in [1.54, 1.807) is 0 Å². The van der Waals surface area contributed by atoms with Gasteiger partial charge in [-0.15, -0.1) is 0 Å². The molecule has 3 N–H and O–H groups in total. The van der Waals surface area contributed by atoms with E-state index in [2.05, 4.69) is 73.2 Å². The normalized spacial score (nSPS) is 9.85. The van der Waals surface area contributed by atoms with Crippen molar-refractivity contribution in [3.63, 3.8) is 0 Å². The smallest absolute Gasteiger partial charge is 0.267 e. The van der Waals surface area contributed by atoms with Gasteiger partial charge in [0.2, 0.25) is 0 Å². The van der Waals surface area contributed by atoms with Crippen LogP contribution in [0.1, 0.15) is 10.4 Å². The first-order valence-corrected chi connectivity index (χ1v) is 6.45. The molecule has 0 aliphatic heterocycles. The van der Waals surface area contributed by atoms with Gasteiger partial charge in [-0.05, 0) is 79.9 Å². The van der Waals surface area contributed by atoms with E-state index in [-0.39, 0.29) is 5.91 Å². The summed E-state index contributed by atoms with van der Waals surface area (Å²) in [7, 11) is 0. The quantitative estimate of drug-likeness (QED) is 0.262. The maximum Gasteiger partial charge on any atom is 0.267 e. The van der Waals surface area contributed by atoms with E-state index in [1.165, 1.54) is 0 Å². The van der Waals surface area contributed by atoms with Crippen LogP contribution in [0.5, 0.6) is 0 Å². The molecule has 0 spiro atoms. The summed E-state index contributed by atoms with van der Waals surface area (Å²) in [6, 6.07) is 3.88. The summed E-state index contributed by atoms with van der Waals surface area (Å²) in [5, 5.41) is 0. The first-order chi connectivity index (χ1) is 6.06. The van der Waals surface area contributed by atoms with Crippen LogP contribution in [0.3, 0.4) is 0 Å². The molecule has 0 aliphatic rings. The molecular formula is C7H5I3N2O. The van der Waals surface area contributed by atoms with Gasteiger partial charge >= 0.3 is 0 Å². The molecule has 1 rings (SSSR count). The van der Waals surface area contributed by atoms with E-state index in [4.69, 9.17) is 5.84 Å². The highest BCUT2D eigenvalue weighted by molar-refractivity contribution is 14.1. The largest absolute Gasteiger partial charge is 0.290 e. The summed E-state index contributed by atoms with van der Waals surface area (Å²) in [5.41, 5.74) is 2.77. The summed E-state index contributed by atoms with van der Waals surface area (Å²) < 4.78 is 2.94. The molecule has 0 unspecified atom stereocenters. The van der Waals surface area contributed by atoms with Gasteiger partial charge in [-0.2, -0.15) is 0 Å². The third kappa shape index (κ3) is 2.89. The molecule has 0 saturated heterocycles. The van der Waals surface area contributed by atoms with E-state index in [0.717, 1.165) is 10.7 Å². The number of rotatable bonds is 1. The van der Waals surface area contributed by atoms with Crippen molar-refractivity contribution in [2.75, 3.05) is 0 Å². The molecule has 1 aromatic carbocycles. The highest BCUT2D eigenvalue weighted by Gasteiger charge is 2.13. The van der Waals surface area contributed by atoms with E-state index >= 15 is 0 Å². The second-order valence-corrected chi connectivity index (χ2v) is 5.79. The molecule has 0 bridgehead atoms. The van der Waals surface area contributed by atoms with Crippen LogP contribution in [0.25, 0.3) is 0 Å². The van der Waals surface area contributed by atoms with Gasteiger partial charge in [-0.3, -0.25) is 10.2 Å². The number of amides is 1. The van der Waals surface area contributed by atoms with Crippen LogP contribution in [0.2, 0.25) is 0 Å². The third-order valence-corrected chi connectivity index (χ3v) is 3.69. The Morgan fingerprint density at radius 1 is 1.23 bits per heavy atom. The Labute approximate surface area is 117 Å². The number of hydrazine groups is 1. The fourth-order valence-corrected chi connectivity index (χ4v) is 4.90. The maximum absolute atomic E-state index is 11.3. The number of carbonyl (C=O) groups is 1. The number of nitrogens with two attached hydrogens (primary N) is 1. The Kier molecular flexibility index (Phi) is 4.65. The van der Waals surface area contributed by atoms with Gasteiger partial charge in [0.25, 0.3) is 5.91 Å². The van der Waals surface area contributed by atoms with Crippen molar-refractivity contribution < 1.29 is 4.79 Å². The average molecular weight is 514 g/mol. The molecule has 13 heavy (non-hydrogen) atoms. The SMILES string of the molecule is NNC(=O)c1c(I)cc(I)cc1I. The molecular weight excluding hydrogens is 509 g/mol. The van der Waals surface area contributed by atoms with Crippen molar-refractivity contribution in [1.29, 1.82) is 0 Å². The van der Waals surface area contributed by atoms with Crippen LogP contribution in [0, 0.1) is 10.7 Å². The minimum atomic E-state index is -0.245. The molecule has 0 fully saturated rings. The molecule has 0 atom stereocenters. The molecule has 6 heteroatoms. The lowest BCUT2D eigenvalue weighted by Crippen LogP contribution is -2.31. The van der Waals surface area contributed by atoms with E-state index in [9.17, 15) is 4.79 Å². The second-order valence-electron chi connectivity index (χ2n) is 2.22. The molecule has 1 aromatic rings. The van der Waals surface area contributed by atoms with Crippen LogP contribution >= 0.6 is 67.8 Å². The third-order valence-electron chi connectivity index (χ3n) is 1.37. The van der Waals surface area contributed by atoms with Crippen LogP contribution in [0.4, 0.5) is 0 Å². The summed E-state index contributed by atoms with van der Waals surface area (Å²) in [6.45, 7) is 0. The fraction of sp³-hybridized carbons (Fsp3) is 0. The Morgan fingerprint density at radius 2 is 1.69 bits per heavy atom. The van der Waals surface area contributed by atoms with Crippen molar-refractivity contribution in [3.8, 4) is 0 Å². The predicted molar refractivity (Wildman–Crippen MR) is 76.2 cm³/mol. The first-order valence-electron chi connectivity index (χ1n) is 3.21. The van der Waals surface area contributed by atoms with Crippen LogP contribution in [-0.2, 0) is 0 Å². The summed E-state index contributed by atoms with van der Waals surface area (Å²) in [4.78, 5) is 11.3. The van der Waals surface area contributed by atoms with Gasteiger partial charge in [0, 0.05) is 10.7 Å². The summed E-state index contributed by atoms with van der Waals surface area (Å²) >= 11 is 6.46. The van der Waals surface area contributed by atoms with Gasteiger partial charge in [0.15, 0.2) is 0 Å². The Morgan fingerprint density at radius 3 is 2.08 bits per heavy atom. The lowest BCUT2D eigenvalue weighted by atomic mass is 10.2. The van der Waals surface area contributed by atoms with Gasteiger partial charge < -0.3 is 0 Å². The van der Waals surface area contributed by atoms with Gasteiger partial charge in [-0.25, -0.2) is 5.84 Å². The predicted octanol–water partition coefficient (Wildman–Crippen LogP) is 2.10. The molecule has 0 aliphatic carbocycles. The minimum Gasteiger partial charge on any atom is -0.290 e. The van der Waals surface area contributed by atoms with Gasteiger partial charge in [0.1, 0.15) is 0 Å². The van der Waals surface area contributed by atoms with Crippen molar-refractivity contribution in [3.05, 3.63) is 28.4 Å². The van der Waals surface area contributed by atoms with Crippen molar-refractivity contribution in [1.82, 2.24) is 5.43 Å². The highest BCUT2D eigenvalue weighted by atomic mass is 127. The number of nitrogens with one attached hydrogen (secondary N) is 1. The van der Waals surface area contributed by atoms with Crippen molar-refractivity contribution in [2.45, 2.75) is 0 Å². The number of hydrogen-bond acceptors (Lipinski definition) is 2. The molecule has 1 amide bonds. The maximum atomic E-state index is 11.3. The Bertz CT molecular complexity index is 331. The lowest BCUT2D eigenvalue weighted by molar-refractivity contribution is 0.0952. The average Bonchev–Trinajstić information content (AvgIpc) is 2.02. The lowest BCUT2D eigenvalue weighted by Gasteiger charge is -2.06. The van der Waals surface area contributed by atoms with Gasteiger partial charge in [0.05, 0.1) is 5.56 Å². The van der Waals surface area contributed by atoms with E-state index in [0.29, 0.717) is 5.56 Å². The Hall–Kier alpha value is 0.840. The zero-order chi connectivity index (χ0) is 10.0. The zero-order valence-electron chi connectivity index (χ0n) is 6.27. The number of benzene rings is 1. The Balaban J connectivity index is 3.28. The van der Waals surface area contributed by atoms with Crippen LogP contribution in [-0.4, -0.2) is 5.91 Å². The van der Waals surface area contributed by atoms with Crippen LogP contribution in [0.15, 0.2) is 12.1 Å². The van der Waals surface area contributed by atoms with Crippen LogP contribution < -0.4 is 11.3 Å².